The number of ether oxygens (including phenoxy) is 1. The fraction of sp³-hybridized carbons (Fsp3) is 0.647. The standard InChI is InChI=1S/C17H29NO/c1-4-13-18-15-17(5-2,12-9-14-19-3)16-10-7-6-8-11-16/h6-8,10-11,18H,4-5,9,12-15H2,1-3H3. The highest BCUT2D eigenvalue weighted by molar-refractivity contribution is 5.25. The summed E-state index contributed by atoms with van der Waals surface area (Å²) in [5.74, 6) is 0. The number of hydrogen-bond donors (Lipinski definition) is 1. The first-order valence-corrected chi connectivity index (χ1v) is 7.54. The van der Waals surface area contributed by atoms with Crippen molar-refractivity contribution < 1.29 is 4.74 Å². The molecule has 1 rings (SSSR count). The first-order valence-electron chi connectivity index (χ1n) is 7.54. The van der Waals surface area contributed by atoms with Crippen LogP contribution in [0.1, 0.15) is 45.1 Å². The molecule has 0 radical (unpaired) electrons. The molecule has 0 saturated heterocycles. The van der Waals surface area contributed by atoms with Crippen LogP contribution in [0, 0.1) is 0 Å². The molecule has 0 aliphatic heterocycles. The van der Waals surface area contributed by atoms with E-state index in [1.165, 1.54) is 18.4 Å². The molecule has 1 unspecified atom stereocenters. The molecule has 1 atom stereocenters. The van der Waals surface area contributed by atoms with Gasteiger partial charge >= 0.3 is 0 Å². The fourth-order valence-electron chi connectivity index (χ4n) is 2.69. The van der Waals surface area contributed by atoms with Crippen molar-refractivity contribution in [2.45, 2.75) is 44.9 Å². The summed E-state index contributed by atoms with van der Waals surface area (Å²) in [7, 11) is 1.78. The molecule has 0 aliphatic carbocycles. The SMILES string of the molecule is CCCNCC(CC)(CCCOC)c1ccccc1. The van der Waals surface area contributed by atoms with Crippen molar-refractivity contribution in [3.8, 4) is 0 Å². The zero-order valence-corrected chi connectivity index (χ0v) is 12.7. The van der Waals surface area contributed by atoms with Gasteiger partial charge in [0.2, 0.25) is 0 Å². The number of benzene rings is 1. The lowest BCUT2D eigenvalue weighted by molar-refractivity contribution is 0.180. The van der Waals surface area contributed by atoms with Crippen molar-refractivity contribution >= 4 is 0 Å². The number of methoxy groups -OCH3 is 1. The van der Waals surface area contributed by atoms with E-state index in [0.29, 0.717) is 0 Å². The molecule has 108 valence electrons. The molecule has 0 amide bonds. The minimum absolute atomic E-state index is 0.245. The third kappa shape index (κ3) is 4.96. The Hall–Kier alpha value is -0.860. The summed E-state index contributed by atoms with van der Waals surface area (Å²) in [5, 5.41) is 3.61. The molecule has 1 aromatic rings. The molecule has 1 N–H and O–H groups in total. The first-order chi connectivity index (χ1) is 9.29. The maximum atomic E-state index is 5.22. The molecule has 0 aliphatic rings. The summed E-state index contributed by atoms with van der Waals surface area (Å²) in [6, 6.07) is 10.9. The van der Waals surface area contributed by atoms with Crippen LogP contribution in [0.4, 0.5) is 0 Å². The summed E-state index contributed by atoms with van der Waals surface area (Å²) in [6.45, 7) is 7.52. The number of nitrogens with one attached hydrogen (secondary N) is 1. The highest BCUT2D eigenvalue weighted by Crippen LogP contribution is 2.32. The average Bonchev–Trinajstić information content (AvgIpc) is 2.47. The van der Waals surface area contributed by atoms with E-state index in [4.69, 9.17) is 4.74 Å². The second kappa shape index (κ2) is 9.11. The minimum atomic E-state index is 0.245. The molecule has 0 saturated carbocycles. The summed E-state index contributed by atoms with van der Waals surface area (Å²) in [4.78, 5) is 0. The van der Waals surface area contributed by atoms with Crippen molar-refractivity contribution in [2.75, 3.05) is 26.8 Å². The van der Waals surface area contributed by atoms with Crippen molar-refractivity contribution in [2.24, 2.45) is 0 Å². The van der Waals surface area contributed by atoms with Gasteiger partial charge in [0, 0.05) is 25.7 Å². The van der Waals surface area contributed by atoms with Gasteiger partial charge in [0.1, 0.15) is 0 Å². The van der Waals surface area contributed by atoms with Gasteiger partial charge in [0.25, 0.3) is 0 Å². The highest BCUT2D eigenvalue weighted by atomic mass is 16.5. The Morgan fingerprint density at radius 3 is 2.47 bits per heavy atom. The Morgan fingerprint density at radius 2 is 1.89 bits per heavy atom. The van der Waals surface area contributed by atoms with Crippen molar-refractivity contribution in [1.29, 1.82) is 0 Å². The molecule has 19 heavy (non-hydrogen) atoms. The van der Waals surface area contributed by atoms with Crippen molar-refractivity contribution in [3.63, 3.8) is 0 Å². The van der Waals surface area contributed by atoms with E-state index in [0.717, 1.165) is 32.5 Å². The molecule has 0 spiro atoms. The normalized spacial score (nSPS) is 14.3. The fourth-order valence-corrected chi connectivity index (χ4v) is 2.69. The van der Waals surface area contributed by atoms with Crippen LogP contribution >= 0.6 is 0 Å². The summed E-state index contributed by atoms with van der Waals surface area (Å²) >= 11 is 0. The smallest absolute Gasteiger partial charge is 0.0462 e. The Labute approximate surface area is 118 Å². The van der Waals surface area contributed by atoms with Gasteiger partial charge in [-0.1, -0.05) is 44.2 Å². The minimum Gasteiger partial charge on any atom is -0.385 e. The van der Waals surface area contributed by atoms with E-state index < -0.39 is 0 Å². The van der Waals surface area contributed by atoms with Crippen LogP contribution in [-0.4, -0.2) is 26.8 Å². The Balaban J connectivity index is 2.79. The molecule has 0 fully saturated rings. The van der Waals surface area contributed by atoms with Gasteiger partial charge in [-0.2, -0.15) is 0 Å². The van der Waals surface area contributed by atoms with Gasteiger partial charge in [-0.3, -0.25) is 0 Å². The van der Waals surface area contributed by atoms with E-state index >= 15 is 0 Å². The molecular weight excluding hydrogens is 234 g/mol. The van der Waals surface area contributed by atoms with Crippen molar-refractivity contribution in [1.82, 2.24) is 5.32 Å². The van der Waals surface area contributed by atoms with Gasteiger partial charge in [-0.15, -0.1) is 0 Å². The third-order valence-corrected chi connectivity index (χ3v) is 3.96. The number of rotatable bonds is 10. The molecule has 1 aromatic carbocycles. The van der Waals surface area contributed by atoms with Crippen LogP contribution in [0.15, 0.2) is 30.3 Å². The maximum Gasteiger partial charge on any atom is 0.0462 e. The molecule has 2 nitrogen and oxygen atoms in total. The van der Waals surface area contributed by atoms with E-state index in [1.54, 1.807) is 7.11 Å². The molecule has 0 bridgehead atoms. The lowest BCUT2D eigenvalue weighted by atomic mass is 9.74. The summed E-state index contributed by atoms with van der Waals surface area (Å²) in [6.07, 6.45) is 4.65. The number of hydrogen-bond acceptors (Lipinski definition) is 2. The topological polar surface area (TPSA) is 21.3 Å². The average molecular weight is 263 g/mol. The molecule has 0 heterocycles. The van der Waals surface area contributed by atoms with Crippen LogP contribution in [0.2, 0.25) is 0 Å². The highest BCUT2D eigenvalue weighted by Gasteiger charge is 2.29. The zero-order chi connectivity index (χ0) is 14.0. The largest absolute Gasteiger partial charge is 0.385 e. The second-order valence-corrected chi connectivity index (χ2v) is 5.27. The van der Waals surface area contributed by atoms with E-state index in [1.807, 2.05) is 0 Å². The Morgan fingerprint density at radius 1 is 1.16 bits per heavy atom. The zero-order valence-electron chi connectivity index (χ0n) is 12.7. The van der Waals surface area contributed by atoms with Gasteiger partial charge in [0.15, 0.2) is 0 Å². The third-order valence-electron chi connectivity index (χ3n) is 3.96. The van der Waals surface area contributed by atoms with Gasteiger partial charge in [-0.05, 0) is 37.8 Å². The van der Waals surface area contributed by atoms with Crippen LogP contribution in [-0.2, 0) is 10.2 Å². The molecular formula is C17H29NO. The lowest BCUT2D eigenvalue weighted by Crippen LogP contribution is -2.38. The Bertz CT molecular complexity index is 313. The van der Waals surface area contributed by atoms with Crippen LogP contribution in [0.25, 0.3) is 0 Å². The van der Waals surface area contributed by atoms with Crippen LogP contribution in [0.3, 0.4) is 0 Å². The first kappa shape index (κ1) is 16.2. The van der Waals surface area contributed by atoms with E-state index in [2.05, 4.69) is 49.5 Å². The predicted molar refractivity (Wildman–Crippen MR) is 82.7 cm³/mol. The predicted octanol–water partition coefficient (Wildman–Crippen LogP) is 3.76. The quantitative estimate of drug-likeness (QED) is 0.649. The van der Waals surface area contributed by atoms with Crippen molar-refractivity contribution in [3.05, 3.63) is 35.9 Å². The molecule has 0 aromatic heterocycles. The summed E-state index contributed by atoms with van der Waals surface area (Å²) in [5.41, 5.74) is 1.70. The van der Waals surface area contributed by atoms with E-state index in [9.17, 15) is 0 Å². The summed E-state index contributed by atoms with van der Waals surface area (Å²) < 4.78 is 5.22. The van der Waals surface area contributed by atoms with E-state index in [-0.39, 0.29) is 5.41 Å². The van der Waals surface area contributed by atoms with Gasteiger partial charge < -0.3 is 10.1 Å². The van der Waals surface area contributed by atoms with Gasteiger partial charge in [0.05, 0.1) is 0 Å². The van der Waals surface area contributed by atoms with Crippen LogP contribution < -0.4 is 5.32 Å². The van der Waals surface area contributed by atoms with Crippen LogP contribution in [0.5, 0.6) is 0 Å². The van der Waals surface area contributed by atoms with Gasteiger partial charge in [-0.25, -0.2) is 0 Å². The Kier molecular flexibility index (Phi) is 7.76. The second-order valence-electron chi connectivity index (χ2n) is 5.27. The molecule has 2 heteroatoms. The monoisotopic (exact) mass is 263 g/mol. The lowest BCUT2D eigenvalue weighted by Gasteiger charge is -2.34. The maximum absolute atomic E-state index is 5.22.